The Labute approximate surface area is 86.1 Å². The zero-order valence-corrected chi connectivity index (χ0v) is 8.81. The minimum absolute atomic E-state index is 0.0297. The van der Waals surface area contributed by atoms with Crippen LogP contribution in [0.4, 0.5) is 5.69 Å². The maximum Gasteiger partial charge on any atom is 0.195 e. The Balaban J connectivity index is 2.46. The summed E-state index contributed by atoms with van der Waals surface area (Å²) in [5, 5.41) is 2.79. The van der Waals surface area contributed by atoms with Crippen LogP contribution >= 0.6 is 11.6 Å². The van der Waals surface area contributed by atoms with E-state index in [9.17, 15) is 8.42 Å². The lowest BCUT2D eigenvalue weighted by Gasteiger charge is -2.04. The molecule has 1 aromatic rings. The van der Waals surface area contributed by atoms with E-state index in [-0.39, 0.29) is 22.4 Å². The van der Waals surface area contributed by atoms with Crippen LogP contribution in [0.25, 0.3) is 0 Å². The molecule has 1 atom stereocenters. The summed E-state index contributed by atoms with van der Waals surface area (Å²) < 4.78 is 27.9. The van der Waals surface area contributed by atoms with Gasteiger partial charge in [-0.2, -0.15) is 0 Å². The summed E-state index contributed by atoms with van der Waals surface area (Å²) in [5.74, 6) is 0.364. The Hall–Kier alpha value is -0.750. The Kier molecular flexibility index (Phi) is 2.19. The molecular formula is C7H9ClN2O3S. The van der Waals surface area contributed by atoms with E-state index in [0.29, 0.717) is 12.8 Å². The molecular weight excluding hydrogens is 228 g/mol. The van der Waals surface area contributed by atoms with Crippen molar-refractivity contribution in [2.45, 2.75) is 18.1 Å². The molecule has 5 nitrogen and oxygen atoms in total. The first-order valence-electron chi connectivity index (χ1n) is 4.14. The van der Waals surface area contributed by atoms with Gasteiger partial charge in [-0.25, -0.2) is 8.42 Å². The molecule has 2 rings (SSSR count). The second-order valence-corrected chi connectivity index (χ2v) is 5.91. The normalized spacial score (nSPS) is 25.4. The molecule has 0 spiro atoms. The van der Waals surface area contributed by atoms with Crippen LogP contribution in [0.2, 0.25) is 5.15 Å². The zero-order chi connectivity index (χ0) is 10.3. The second-order valence-electron chi connectivity index (χ2n) is 3.25. The van der Waals surface area contributed by atoms with Gasteiger partial charge < -0.3 is 10.3 Å². The van der Waals surface area contributed by atoms with E-state index in [4.69, 9.17) is 21.9 Å². The number of nitrogens with zero attached hydrogens (tertiary/aromatic N) is 1. The first-order chi connectivity index (χ1) is 6.52. The molecule has 1 saturated heterocycles. The number of sulfone groups is 1. The van der Waals surface area contributed by atoms with E-state index in [1.165, 1.54) is 0 Å². The van der Waals surface area contributed by atoms with E-state index < -0.39 is 15.1 Å². The third-order valence-corrected chi connectivity index (χ3v) is 4.78. The van der Waals surface area contributed by atoms with Crippen LogP contribution in [0, 0.1) is 0 Å². The molecule has 0 aromatic carbocycles. The smallest absolute Gasteiger partial charge is 0.195 e. The largest absolute Gasteiger partial charge is 0.393 e. The molecule has 1 aliphatic heterocycles. The number of aromatic nitrogens is 1. The maximum absolute atomic E-state index is 11.5. The first kappa shape index (κ1) is 9.79. The van der Waals surface area contributed by atoms with Crippen LogP contribution in [0.15, 0.2) is 4.52 Å². The van der Waals surface area contributed by atoms with E-state index in [1.807, 2.05) is 0 Å². The van der Waals surface area contributed by atoms with Crippen molar-refractivity contribution in [3.63, 3.8) is 0 Å². The van der Waals surface area contributed by atoms with E-state index in [1.54, 1.807) is 0 Å². The van der Waals surface area contributed by atoms with Crippen molar-refractivity contribution in [2.24, 2.45) is 0 Å². The molecule has 0 bridgehead atoms. The Morgan fingerprint density at radius 1 is 1.57 bits per heavy atom. The van der Waals surface area contributed by atoms with Crippen molar-refractivity contribution >= 4 is 27.1 Å². The van der Waals surface area contributed by atoms with Crippen LogP contribution in [0.1, 0.15) is 23.9 Å². The topological polar surface area (TPSA) is 86.2 Å². The molecule has 2 N–H and O–H groups in total. The van der Waals surface area contributed by atoms with Gasteiger partial charge in [0.15, 0.2) is 20.8 Å². The van der Waals surface area contributed by atoms with E-state index in [2.05, 4.69) is 5.16 Å². The molecule has 7 heteroatoms. The SMILES string of the molecule is Nc1c(Cl)noc1C1CCCS1(=O)=O. The minimum Gasteiger partial charge on any atom is -0.393 e. The van der Waals surface area contributed by atoms with Crippen molar-refractivity contribution < 1.29 is 12.9 Å². The lowest BCUT2D eigenvalue weighted by atomic mass is 10.2. The fourth-order valence-electron chi connectivity index (χ4n) is 1.61. The lowest BCUT2D eigenvalue weighted by molar-refractivity contribution is 0.378. The highest BCUT2D eigenvalue weighted by Crippen LogP contribution is 2.39. The highest BCUT2D eigenvalue weighted by molar-refractivity contribution is 7.91. The molecule has 0 radical (unpaired) electrons. The molecule has 78 valence electrons. The van der Waals surface area contributed by atoms with Crippen molar-refractivity contribution in [3.8, 4) is 0 Å². The quantitative estimate of drug-likeness (QED) is 0.791. The fourth-order valence-corrected chi connectivity index (χ4v) is 3.61. The van der Waals surface area contributed by atoms with Crippen LogP contribution in [0.5, 0.6) is 0 Å². The highest BCUT2D eigenvalue weighted by atomic mass is 35.5. The standard InChI is InChI=1S/C7H9ClN2O3S/c8-7-5(9)6(13-10-7)4-2-1-3-14(4,11)12/h4H,1-3,9H2. The summed E-state index contributed by atoms with van der Waals surface area (Å²) >= 11 is 5.58. The summed E-state index contributed by atoms with van der Waals surface area (Å²) in [6.45, 7) is 0. The molecule has 2 heterocycles. The number of rotatable bonds is 1. The monoisotopic (exact) mass is 236 g/mol. The van der Waals surface area contributed by atoms with Crippen LogP contribution < -0.4 is 5.73 Å². The number of hydrogen-bond donors (Lipinski definition) is 1. The van der Waals surface area contributed by atoms with Crippen molar-refractivity contribution in [1.29, 1.82) is 0 Å². The molecule has 0 aliphatic carbocycles. The van der Waals surface area contributed by atoms with Gasteiger partial charge in [0.25, 0.3) is 0 Å². The fraction of sp³-hybridized carbons (Fsp3) is 0.571. The summed E-state index contributed by atoms with van der Waals surface area (Å²) in [6.07, 6.45) is 1.16. The molecule has 1 unspecified atom stereocenters. The van der Waals surface area contributed by atoms with Crippen molar-refractivity contribution in [2.75, 3.05) is 11.5 Å². The van der Waals surface area contributed by atoms with E-state index >= 15 is 0 Å². The van der Waals surface area contributed by atoms with Gasteiger partial charge in [-0.15, -0.1) is 0 Å². The van der Waals surface area contributed by atoms with E-state index in [0.717, 1.165) is 0 Å². The molecule has 1 fully saturated rings. The van der Waals surface area contributed by atoms with Gasteiger partial charge in [0.2, 0.25) is 0 Å². The number of halogens is 1. The Bertz CT molecular complexity index is 454. The van der Waals surface area contributed by atoms with Gasteiger partial charge in [0, 0.05) is 0 Å². The number of anilines is 1. The van der Waals surface area contributed by atoms with Crippen molar-refractivity contribution in [3.05, 3.63) is 10.9 Å². The lowest BCUT2D eigenvalue weighted by Crippen LogP contribution is -2.08. The van der Waals surface area contributed by atoms with Crippen LogP contribution in [-0.4, -0.2) is 19.3 Å². The van der Waals surface area contributed by atoms with Gasteiger partial charge in [-0.3, -0.25) is 0 Å². The number of nitrogens with two attached hydrogens (primary N) is 1. The average molecular weight is 237 g/mol. The number of nitrogen functional groups attached to an aromatic ring is 1. The second kappa shape index (κ2) is 3.13. The van der Waals surface area contributed by atoms with Gasteiger partial charge >= 0.3 is 0 Å². The van der Waals surface area contributed by atoms with Crippen molar-refractivity contribution in [1.82, 2.24) is 5.16 Å². The molecule has 0 amide bonds. The number of hydrogen-bond acceptors (Lipinski definition) is 5. The Morgan fingerprint density at radius 3 is 2.71 bits per heavy atom. The zero-order valence-electron chi connectivity index (χ0n) is 7.23. The van der Waals surface area contributed by atoms with Gasteiger partial charge in [0.05, 0.1) is 5.75 Å². The predicted octanol–water partition coefficient (Wildman–Crippen LogP) is 1.16. The van der Waals surface area contributed by atoms with Gasteiger partial charge in [-0.05, 0) is 12.8 Å². The van der Waals surface area contributed by atoms with Crippen LogP contribution in [0.3, 0.4) is 0 Å². The summed E-state index contributed by atoms with van der Waals surface area (Å²) in [5.41, 5.74) is 5.69. The summed E-state index contributed by atoms with van der Waals surface area (Å²) in [6, 6.07) is 0. The van der Waals surface area contributed by atoms with Gasteiger partial charge in [0.1, 0.15) is 10.9 Å². The summed E-state index contributed by atoms with van der Waals surface area (Å²) in [7, 11) is -3.12. The predicted molar refractivity (Wildman–Crippen MR) is 51.7 cm³/mol. The minimum atomic E-state index is -3.12. The average Bonchev–Trinajstić information content (AvgIpc) is 2.59. The molecule has 14 heavy (non-hydrogen) atoms. The summed E-state index contributed by atoms with van der Waals surface area (Å²) in [4.78, 5) is 0. The van der Waals surface area contributed by atoms with Crippen LogP contribution in [-0.2, 0) is 9.84 Å². The Morgan fingerprint density at radius 2 is 2.29 bits per heavy atom. The van der Waals surface area contributed by atoms with Gasteiger partial charge in [-0.1, -0.05) is 16.8 Å². The maximum atomic E-state index is 11.5. The molecule has 0 saturated carbocycles. The highest BCUT2D eigenvalue weighted by Gasteiger charge is 2.37. The molecule has 1 aliphatic rings. The molecule has 1 aromatic heterocycles. The third-order valence-electron chi connectivity index (χ3n) is 2.33. The third kappa shape index (κ3) is 1.38. The first-order valence-corrected chi connectivity index (χ1v) is 6.24.